The first kappa shape index (κ1) is 29.5. The zero-order valence-electron chi connectivity index (χ0n) is 21.8. The molecule has 38 heavy (non-hydrogen) atoms. The number of anilines is 2. The zero-order valence-corrected chi connectivity index (χ0v) is 24.2. The Balaban J connectivity index is 1.97. The van der Waals surface area contributed by atoms with Gasteiger partial charge in [-0.2, -0.15) is 0 Å². The van der Waals surface area contributed by atoms with Gasteiger partial charge in [0.05, 0.1) is 28.3 Å². The molecule has 0 atom stereocenters. The molecule has 0 saturated carbocycles. The van der Waals surface area contributed by atoms with Crippen molar-refractivity contribution in [1.82, 2.24) is 4.72 Å². The van der Waals surface area contributed by atoms with Gasteiger partial charge in [0.1, 0.15) is 12.3 Å². The molecule has 0 heterocycles. The van der Waals surface area contributed by atoms with Crippen LogP contribution in [0.4, 0.5) is 11.4 Å². The standard InChI is InChI=1S/C26H31N3O6S3/c1-18(2)28-37(31,32)23-14-15-25(35-4)24(16-23)27-26(30)17-29(20-8-6-19(3)7-9-20)38(33,34)22-12-10-21(36-5)11-13-22/h6-16,18,28H,17H2,1-5H3,(H,27,30). The van der Waals surface area contributed by atoms with E-state index in [0.717, 1.165) is 14.8 Å². The molecule has 3 aromatic carbocycles. The van der Waals surface area contributed by atoms with Crippen LogP contribution in [-0.2, 0) is 24.8 Å². The topological polar surface area (TPSA) is 122 Å². The van der Waals surface area contributed by atoms with Gasteiger partial charge in [-0.15, -0.1) is 11.8 Å². The number of amides is 1. The highest BCUT2D eigenvalue weighted by Gasteiger charge is 2.28. The molecule has 0 spiro atoms. The van der Waals surface area contributed by atoms with E-state index in [4.69, 9.17) is 4.74 Å². The molecule has 0 unspecified atom stereocenters. The third-order valence-corrected chi connectivity index (χ3v) is 9.59. The minimum atomic E-state index is -4.11. The predicted octanol–water partition coefficient (Wildman–Crippen LogP) is 4.25. The number of rotatable bonds is 11. The van der Waals surface area contributed by atoms with Crippen LogP contribution in [0.1, 0.15) is 19.4 Å². The van der Waals surface area contributed by atoms with E-state index in [0.29, 0.717) is 5.69 Å². The van der Waals surface area contributed by atoms with Crippen molar-refractivity contribution in [2.24, 2.45) is 0 Å². The Morgan fingerprint density at radius 1 is 0.947 bits per heavy atom. The van der Waals surface area contributed by atoms with E-state index < -0.39 is 32.5 Å². The fraction of sp³-hybridized carbons (Fsp3) is 0.269. The fourth-order valence-electron chi connectivity index (χ4n) is 3.55. The minimum absolute atomic E-state index is 0.0362. The third-order valence-electron chi connectivity index (χ3n) is 5.40. The Bertz CT molecular complexity index is 1490. The summed E-state index contributed by atoms with van der Waals surface area (Å²) < 4.78 is 61.4. The van der Waals surface area contributed by atoms with Crippen LogP contribution in [0.25, 0.3) is 0 Å². The fourth-order valence-corrected chi connectivity index (χ4v) is 6.66. The van der Waals surface area contributed by atoms with Gasteiger partial charge in [-0.1, -0.05) is 17.7 Å². The lowest BCUT2D eigenvalue weighted by molar-refractivity contribution is -0.114. The zero-order chi connectivity index (χ0) is 28.1. The van der Waals surface area contributed by atoms with Crippen LogP contribution >= 0.6 is 11.8 Å². The minimum Gasteiger partial charge on any atom is -0.495 e. The molecule has 12 heteroatoms. The van der Waals surface area contributed by atoms with Crippen LogP contribution in [-0.4, -0.2) is 48.7 Å². The molecule has 0 aliphatic rings. The van der Waals surface area contributed by atoms with E-state index in [1.807, 2.05) is 13.2 Å². The van der Waals surface area contributed by atoms with E-state index in [1.54, 1.807) is 50.2 Å². The lowest BCUT2D eigenvalue weighted by Gasteiger charge is -2.24. The van der Waals surface area contributed by atoms with Gasteiger partial charge in [0.2, 0.25) is 15.9 Å². The van der Waals surface area contributed by atoms with E-state index in [2.05, 4.69) is 10.0 Å². The van der Waals surface area contributed by atoms with Crippen molar-refractivity contribution < 1.29 is 26.4 Å². The Morgan fingerprint density at radius 3 is 2.11 bits per heavy atom. The molecule has 0 aromatic heterocycles. The first-order valence-corrected chi connectivity index (χ1v) is 15.8. The Kier molecular flexibility index (Phi) is 9.47. The largest absolute Gasteiger partial charge is 0.495 e. The number of hydrogen-bond donors (Lipinski definition) is 2. The van der Waals surface area contributed by atoms with E-state index in [9.17, 15) is 21.6 Å². The van der Waals surface area contributed by atoms with E-state index in [1.165, 1.54) is 49.2 Å². The SMILES string of the molecule is COc1ccc(S(=O)(=O)NC(C)C)cc1NC(=O)CN(c1ccc(C)cc1)S(=O)(=O)c1ccc(SC)cc1. The molecule has 0 saturated heterocycles. The molecule has 0 radical (unpaired) electrons. The van der Waals surface area contributed by atoms with Crippen molar-refractivity contribution >= 4 is 49.1 Å². The normalized spacial score (nSPS) is 11.8. The molecule has 9 nitrogen and oxygen atoms in total. The summed E-state index contributed by atoms with van der Waals surface area (Å²) in [6.07, 6.45) is 1.89. The lowest BCUT2D eigenvalue weighted by atomic mass is 10.2. The van der Waals surface area contributed by atoms with Crippen LogP contribution in [0, 0.1) is 6.92 Å². The molecule has 0 bridgehead atoms. The van der Waals surface area contributed by atoms with Gasteiger partial charge in [-0.3, -0.25) is 9.10 Å². The van der Waals surface area contributed by atoms with Gasteiger partial charge in [-0.05, 0) is 81.6 Å². The molecule has 204 valence electrons. The summed E-state index contributed by atoms with van der Waals surface area (Å²) >= 11 is 1.48. The maximum Gasteiger partial charge on any atom is 0.264 e. The summed E-state index contributed by atoms with van der Waals surface area (Å²) in [5, 5.41) is 2.62. The second kappa shape index (κ2) is 12.2. The molecule has 1 amide bonds. The Hall–Kier alpha value is -3.06. The summed E-state index contributed by atoms with van der Waals surface area (Å²) in [5.41, 5.74) is 1.33. The molecule has 2 N–H and O–H groups in total. The van der Waals surface area contributed by atoms with Crippen molar-refractivity contribution in [3.8, 4) is 5.75 Å². The van der Waals surface area contributed by atoms with Crippen molar-refractivity contribution in [1.29, 1.82) is 0 Å². The van der Waals surface area contributed by atoms with Crippen molar-refractivity contribution in [3.05, 3.63) is 72.3 Å². The average Bonchev–Trinajstić information content (AvgIpc) is 2.87. The number of sulfonamides is 2. The number of nitrogens with zero attached hydrogens (tertiary/aromatic N) is 1. The number of carbonyl (C=O) groups is 1. The van der Waals surface area contributed by atoms with Gasteiger partial charge >= 0.3 is 0 Å². The van der Waals surface area contributed by atoms with Crippen LogP contribution in [0.5, 0.6) is 5.75 Å². The summed E-state index contributed by atoms with van der Waals surface area (Å²) in [4.78, 5) is 14.1. The quantitative estimate of drug-likeness (QED) is 0.327. The first-order valence-electron chi connectivity index (χ1n) is 11.6. The highest BCUT2D eigenvalue weighted by atomic mass is 32.2. The molecule has 3 rings (SSSR count). The number of thioether (sulfide) groups is 1. The summed E-state index contributed by atoms with van der Waals surface area (Å²) in [7, 11) is -6.57. The lowest BCUT2D eigenvalue weighted by Crippen LogP contribution is -2.38. The summed E-state index contributed by atoms with van der Waals surface area (Å²) in [6, 6.07) is 16.9. The maximum absolute atomic E-state index is 13.6. The smallest absolute Gasteiger partial charge is 0.264 e. The number of methoxy groups -OCH3 is 1. The van der Waals surface area contributed by atoms with Crippen molar-refractivity contribution in [2.45, 2.75) is 41.5 Å². The molecular formula is C26H31N3O6S3. The first-order chi connectivity index (χ1) is 17.9. The molecular weight excluding hydrogens is 547 g/mol. The predicted molar refractivity (Wildman–Crippen MR) is 151 cm³/mol. The number of hydrogen-bond acceptors (Lipinski definition) is 7. The molecule has 0 aliphatic carbocycles. The van der Waals surface area contributed by atoms with Crippen LogP contribution in [0.3, 0.4) is 0 Å². The van der Waals surface area contributed by atoms with Crippen LogP contribution in [0.2, 0.25) is 0 Å². The Morgan fingerprint density at radius 2 is 1.55 bits per heavy atom. The van der Waals surface area contributed by atoms with Crippen molar-refractivity contribution in [2.75, 3.05) is 29.5 Å². The van der Waals surface area contributed by atoms with Crippen LogP contribution in [0.15, 0.2) is 81.4 Å². The number of benzene rings is 3. The number of carbonyl (C=O) groups excluding carboxylic acids is 1. The van der Waals surface area contributed by atoms with E-state index in [-0.39, 0.29) is 27.3 Å². The van der Waals surface area contributed by atoms with Gasteiger partial charge in [0.25, 0.3) is 10.0 Å². The summed E-state index contributed by atoms with van der Waals surface area (Å²) in [5.74, 6) is -0.459. The highest BCUT2D eigenvalue weighted by molar-refractivity contribution is 7.98. The highest BCUT2D eigenvalue weighted by Crippen LogP contribution is 2.29. The monoisotopic (exact) mass is 577 g/mol. The van der Waals surface area contributed by atoms with Gasteiger partial charge < -0.3 is 10.1 Å². The molecule has 3 aromatic rings. The average molecular weight is 578 g/mol. The molecule has 0 aliphatic heterocycles. The Labute approximate surface area is 228 Å². The second-order valence-electron chi connectivity index (χ2n) is 8.71. The molecule has 0 fully saturated rings. The van der Waals surface area contributed by atoms with Gasteiger partial charge in [-0.25, -0.2) is 21.6 Å². The number of aryl methyl sites for hydroxylation is 1. The van der Waals surface area contributed by atoms with Crippen LogP contribution < -0.4 is 19.1 Å². The summed E-state index contributed by atoms with van der Waals surface area (Å²) in [6.45, 7) is 4.70. The maximum atomic E-state index is 13.6. The second-order valence-corrected chi connectivity index (χ2v) is 13.2. The third kappa shape index (κ3) is 7.07. The van der Waals surface area contributed by atoms with E-state index >= 15 is 0 Å². The van der Waals surface area contributed by atoms with Gasteiger partial charge in [0, 0.05) is 10.9 Å². The number of nitrogens with one attached hydrogen (secondary N) is 2. The number of ether oxygens (including phenoxy) is 1. The van der Waals surface area contributed by atoms with Gasteiger partial charge in [0.15, 0.2) is 0 Å². The van der Waals surface area contributed by atoms with Crippen molar-refractivity contribution in [3.63, 3.8) is 0 Å².